The number of nitrogens with zero attached hydrogens (tertiary/aromatic N) is 2. The van der Waals surface area contributed by atoms with Gasteiger partial charge in [0.2, 0.25) is 21.8 Å². The van der Waals surface area contributed by atoms with Crippen LogP contribution in [-0.4, -0.2) is 50.0 Å². The lowest BCUT2D eigenvalue weighted by Crippen LogP contribution is -2.51. The van der Waals surface area contributed by atoms with Crippen molar-refractivity contribution in [2.45, 2.75) is 83.1 Å². The van der Waals surface area contributed by atoms with Gasteiger partial charge in [0.15, 0.2) is 0 Å². The minimum absolute atomic E-state index is 0.0636. The summed E-state index contributed by atoms with van der Waals surface area (Å²) in [6, 6.07) is 12.8. The van der Waals surface area contributed by atoms with Crippen LogP contribution in [0.25, 0.3) is 0 Å². The van der Waals surface area contributed by atoms with Crippen LogP contribution in [0.5, 0.6) is 0 Å². The Morgan fingerprint density at radius 3 is 2.30 bits per heavy atom. The van der Waals surface area contributed by atoms with Crippen LogP contribution in [0.3, 0.4) is 0 Å². The summed E-state index contributed by atoms with van der Waals surface area (Å²) in [5.41, 5.74) is -0.232. The first-order chi connectivity index (χ1) is 18.9. The van der Waals surface area contributed by atoms with Crippen molar-refractivity contribution in [1.82, 2.24) is 10.2 Å². The molecule has 0 aliphatic heterocycles. The lowest BCUT2D eigenvalue weighted by atomic mass is 9.95. The highest BCUT2D eigenvalue weighted by Gasteiger charge is 2.32. The number of rotatable bonds is 12. The zero-order valence-electron chi connectivity index (χ0n) is 23.0. The molecule has 0 heterocycles. The van der Waals surface area contributed by atoms with Crippen molar-refractivity contribution in [3.05, 3.63) is 65.7 Å². The van der Waals surface area contributed by atoms with Crippen LogP contribution in [0, 0.1) is 0 Å². The van der Waals surface area contributed by atoms with E-state index in [0.29, 0.717) is 6.42 Å². The highest BCUT2D eigenvalue weighted by Crippen LogP contribution is 2.32. The SMILES string of the molecule is CC[C@@H](C(=O)NC1CCCCC1)N(Cc1ccccc1)C(=O)CCCN(c1cccc(C(F)(F)F)c1)S(C)(=O)=O. The average molecular weight is 582 g/mol. The number of hydrogen-bond acceptors (Lipinski definition) is 4. The van der Waals surface area contributed by atoms with E-state index in [0.717, 1.165) is 66.4 Å². The molecule has 1 atom stereocenters. The number of hydrogen-bond donors (Lipinski definition) is 1. The van der Waals surface area contributed by atoms with Crippen molar-refractivity contribution in [2.24, 2.45) is 0 Å². The molecule has 1 aliphatic rings. The number of sulfonamides is 1. The van der Waals surface area contributed by atoms with Crippen molar-refractivity contribution in [3.8, 4) is 0 Å². The largest absolute Gasteiger partial charge is 0.416 e. The third-order valence-corrected chi connectivity index (χ3v) is 8.34. The number of benzene rings is 2. The van der Waals surface area contributed by atoms with E-state index in [1.807, 2.05) is 37.3 Å². The second-order valence-electron chi connectivity index (χ2n) is 10.3. The van der Waals surface area contributed by atoms with Gasteiger partial charge in [0.25, 0.3) is 0 Å². The smallest absolute Gasteiger partial charge is 0.352 e. The van der Waals surface area contributed by atoms with Crippen LogP contribution in [0.1, 0.15) is 69.4 Å². The van der Waals surface area contributed by atoms with Gasteiger partial charge in [-0.2, -0.15) is 13.2 Å². The molecular weight excluding hydrogens is 543 g/mol. The topological polar surface area (TPSA) is 86.8 Å². The summed E-state index contributed by atoms with van der Waals surface area (Å²) in [6.07, 6.45) is 1.74. The molecule has 220 valence electrons. The highest BCUT2D eigenvalue weighted by molar-refractivity contribution is 7.92. The Labute approximate surface area is 234 Å². The van der Waals surface area contributed by atoms with Crippen molar-refractivity contribution < 1.29 is 31.2 Å². The molecule has 40 heavy (non-hydrogen) atoms. The third-order valence-electron chi connectivity index (χ3n) is 7.15. The van der Waals surface area contributed by atoms with Gasteiger partial charge < -0.3 is 10.2 Å². The zero-order valence-corrected chi connectivity index (χ0v) is 23.8. The van der Waals surface area contributed by atoms with E-state index in [4.69, 9.17) is 0 Å². The summed E-state index contributed by atoms with van der Waals surface area (Å²) in [7, 11) is -3.92. The fraction of sp³-hybridized carbons (Fsp3) is 0.517. The van der Waals surface area contributed by atoms with Crippen LogP contribution >= 0.6 is 0 Å². The highest BCUT2D eigenvalue weighted by atomic mass is 32.2. The van der Waals surface area contributed by atoms with E-state index in [1.54, 1.807) is 0 Å². The van der Waals surface area contributed by atoms with E-state index in [-0.39, 0.29) is 49.5 Å². The maximum atomic E-state index is 13.5. The van der Waals surface area contributed by atoms with Crippen molar-refractivity contribution in [1.29, 1.82) is 0 Å². The lowest BCUT2D eigenvalue weighted by Gasteiger charge is -2.33. The maximum Gasteiger partial charge on any atom is 0.416 e. The van der Waals surface area contributed by atoms with Crippen LogP contribution in [-0.2, 0) is 32.3 Å². The second kappa shape index (κ2) is 14.0. The molecule has 2 aromatic rings. The zero-order chi connectivity index (χ0) is 29.3. The molecule has 3 rings (SSSR count). The molecule has 1 N–H and O–H groups in total. The molecule has 0 saturated heterocycles. The van der Waals surface area contributed by atoms with Gasteiger partial charge in [-0.3, -0.25) is 13.9 Å². The number of amides is 2. The standard InChI is InChI=1S/C29H38F3N3O4S/c1-3-26(28(37)33-24-15-8-5-9-16-24)34(21-22-12-6-4-7-13-22)27(36)18-11-19-35(40(2,38)39)25-17-10-14-23(20-25)29(30,31)32/h4,6-7,10,12-14,17,20,24,26H,3,5,8-9,11,15-16,18-19,21H2,1-2H3,(H,33,37)/t26-/m0/s1. The molecule has 1 fully saturated rings. The first-order valence-corrected chi connectivity index (χ1v) is 15.5. The first kappa shape index (κ1) is 31.4. The van der Waals surface area contributed by atoms with Gasteiger partial charge in [0.05, 0.1) is 17.5 Å². The Morgan fingerprint density at radius 2 is 1.70 bits per heavy atom. The number of alkyl halides is 3. The normalized spacial score (nSPS) is 15.3. The predicted octanol–water partition coefficient (Wildman–Crippen LogP) is 5.51. The number of halogens is 3. The number of anilines is 1. The van der Waals surface area contributed by atoms with Gasteiger partial charge in [0.1, 0.15) is 6.04 Å². The number of carbonyl (C=O) groups is 2. The Kier molecular flexibility index (Phi) is 11.0. The molecule has 0 spiro atoms. The fourth-order valence-corrected chi connectivity index (χ4v) is 6.04. The molecule has 1 aliphatic carbocycles. The van der Waals surface area contributed by atoms with E-state index in [9.17, 15) is 31.2 Å². The summed E-state index contributed by atoms with van der Waals surface area (Å²) in [5.74, 6) is -0.535. The molecular formula is C29H38F3N3O4S. The summed E-state index contributed by atoms with van der Waals surface area (Å²) < 4.78 is 65.5. The van der Waals surface area contributed by atoms with E-state index in [1.165, 1.54) is 11.0 Å². The molecule has 0 bridgehead atoms. The van der Waals surface area contributed by atoms with Crippen LogP contribution in [0.2, 0.25) is 0 Å². The summed E-state index contributed by atoms with van der Waals surface area (Å²) in [5, 5.41) is 3.11. The molecule has 11 heteroatoms. The summed E-state index contributed by atoms with van der Waals surface area (Å²) in [6.45, 7) is 1.87. The molecule has 0 radical (unpaired) electrons. The summed E-state index contributed by atoms with van der Waals surface area (Å²) >= 11 is 0. The molecule has 0 unspecified atom stereocenters. The Bertz CT molecular complexity index is 1230. The quantitative estimate of drug-likeness (QED) is 0.358. The van der Waals surface area contributed by atoms with Gasteiger partial charge in [-0.1, -0.05) is 62.6 Å². The van der Waals surface area contributed by atoms with Crippen molar-refractivity contribution in [2.75, 3.05) is 17.1 Å². The molecule has 2 aromatic carbocycles. The van der Waals surface area contributed by atoms with E-state index < -0.39 is 27.8 Å². The van der Waals surface area contributed by atoms with E-state index >= 15 is 0 Å². The maximum absolute atomic E-state index is 13.5. The average Bonchev–Trinajstić information content (AvgIpc) is 2.91. The van der Waals surface area contributed by atoms with Crippen LogP contribution in [0.15, 0.2) is 54.6 Å². The molecule has 7 nitrogen and oxygen atoms in total. The first-order valence-electron chi connectivity index (χ1n) is 13.7. The number of carbonyl (C=O) groups excluding carboxylic acids is 2. The molecule has 2 amide bonds. The Balaban J connectivity index is 1.76. The fourth-order valence-electron chi connectivity index (χ4n) is 5.09. The van der Waals surface area contributed by atoms with Gasteiger partial charge in [-0.15, -0.1) is 0 Å². The van der Waals surface area contributed by atoms with Crippen molar-refractivity contribution in [3.63, 3.8) is 0 Å². The predicted molar refractivity (Wildman–Crippen MR) is 149 cm³/mol. The Morgan fingerprint density at radius 1 is 1.02 bits per heavy atom. The van der Waals surface area contributed by atoms with Gasteiger partial charge in [-0.25, -0.2) is 8.42 Å². The van der Waals surface area contributed by atoms with Crippen LogP contribution < -0.4 is 9.62 Å². The van der Waals surface area contributed by atoms with Gasteiger partial charge in [0, 0.05) is 25.6 Å². The molecule has 1 saturated carbocycles. The second-order valence-corrected chi connectivity index (χ2v) is 12.2. The van der Waals surface area contributed by atoms with Gasteiger partial charge in [-0.05, 0) is 49.4 Å². The van der Waals surface area contributed by atoms with E-state index in [2.05, 4.69) is 5.32 Å². The third kappa shape index (κ3) is 8.97. The number of nitrogens with one attached hydrogen (secondary N) is 1. The van der Waals surface area contributed by atoms with Crippen LogP contribution in [0.4, 0.5) is 18.9 Å². The lowest BCUT2D eigenvalue weighted by molar-refractivity contribution is -0.141. The monoisotopic (exact) mass is 581 g/mol. The van der Waals surface area contributed by atoms with Gasteiger partial charge >= 0.3 is 6.18 Å². The summed E-state index contributed by atoms with van der Waals surface area (Å²) in [4.78, 5) is 28.4. The van der Waals surface area contributed by atoms with Crippen molar-refractivity contribution >= 4 is 27.5 Å². The minimum atomic E-state index is -4.62. The molecule has 0 aromatic heterocycles. The minimum Gasteiger partial charge on any atom is -0.352 e. The Hall–Kier alpha value is -3.08.